The molecule has 1 aromatic carbocycles. The summed E-state index contributed by atoms with van der Waals surface area (Å²) < 4.78 is 5.15. The van der Waals surface area contributed by atoms with Gasteiger partial charge in [0.05, 0.1) is 7.11 Å². The summed E-state index contributed by atoms with van der Waals surface area (Å²) in [5.41, 5.74) is 0.574. The third-order valence-corrected chi connectivity index (χ3v) is 5.16. The predicted octanol–water partition coefficient (Wildman–Crippen LogP) is 4.45. The molecule has 1 aliphatic rings. The fraction of sp³-hybridized carbons (Fsp3) is 0.500. The summed E-state index contributed by atoms with van der Waals surface area (Å²) in [4.78, 5) is 35.1. The number of ketones is 2. The summed E-state index contributed by atoms with van der Waals surface area (Å²) in [5, 5.41) is 8.64. The molecule has 0 bridgehead atoms. The first-order valence-corrected chi connectivity index (χ1v) is 9.62. The lowest BCUT2D eigenvalue weighted by molar-refractivity contribution is -0.137. The highest BCUT2D eigenvalue weighted by Gasteiger charge is 2.32. The Bertz CT molecular complexity index is 692. The summed E-state index contributed by atoms with van der Waals surface area (Å²) in [6.07, 6.45) is 9.29. The molecule has 0 radical (unpaired) electrons. The molecule has 0 saturated heterocycles. The monoisotopic (exact) mass is 372 g/mol. The minimum atomic E-state index is -0.758. The van der Waals surface area contributed by atoms with Crippen LogP contribution in [0.3, 0.4) is 0 Å². The number of ether oxygens (including phenoxy) is 1. The van der Waals surface area contributed by atoms with Crippen molar-refractivity contribution in [3.63, 3.8) is 0 Å². The van der Waals surface area contributed by atoms with E-state index in [0.717, 1.165) is 32.1 Å². The van der Waals surface area contributed by atoms with Crippen molar-refractivity contribution in [3.8, 4) is 5.75 Å². The van der Waals surface area contributed by atoms with Crippen molar-refractivity contribution in [2.75, 3.05) is 7.11 Å². The molecule has 1 N–H and O–H groups in total. The lowest BCUT2D eigenvalue weighted by Gasteiger charge is -2.14. The summed E-state index contributed by atoms with van der Waals surface area (Å²) >= 11 is 0. The highest BCUT2D eigenvalue weighted by atomic mass is 16.5. The highest BCUT2D eigenvalue weighted by Crippen LogP contribution is 2.34. The zero-order chi connectivity index (χ0) is 19.6. The molecule has 5 nitrogen and oxygen atoms in total. The predicted molar refractivity (Wildman–Crippen MR) is 103 cm³/mol. The van der Waals surface area contributed by atoms with Gasteiger partial charge >= 0.3 is 5.97 Å². The third kappa shape index (κ3) is 6.66. The molecule has 1 saturated carbocycles. The van der Waals surface area contributed by atoms with Crippen LogP contribution in [-0.4, -0.2) is 29.8 Å². The van der Waals surface area contributed by atoms with Crippen LogP contribution in [0.25, 0.3) is 0 Å². The number of unbranched alkanes of at least 4 members (excludes halogenated alkanes) is 3. The molecule has 1 aliphatic carbocycles. The first kappa shape index (κ1) is 20.9. The minimum absolute atomic E-state index is 0.0150. The van der Waals surface area contributed by atoms with Crippen molar-refractivity contribution in [2.24, 2.45) is 11.8 Å². The largest absolute Gasteiger partial charge is 0.497 e. The van der Waals surface area contributed by atoms with E-state index in [2.05, 4.69) is 0 Å². The zero-order valence-corrected chi connectivity index (χ0v) is 15.9. The average molecular weight is 372 g/mol. The Labute approximate surface area is 160 Å². The van der Waals surface area contributed by atoms with Gasteiger partial charge in [0.15, 0.2) is 5.78 Å². The number of rotatable bonds is 11. The standard InChI is InChI=1S/C22H28O5/c1-27-18-8-6-7-17(15-18)20(23)13-11-16-12-14-21(24)19(16)9-4-2-3-5-10-22(25)26/h6-8,11,13,15-16,19H,2-5,9-10,12,14H2,1H3,(H,25,26)/t16-,19+/m1/s1. The van der Waals surface area contributed by atoms with Gasteiger partial charge in [-0.2, -0.15) is 0 Å². The number of hydrogen-bond donors (Lipinski definition) is 1. The second-order valence-corrected chi connectivity index (χ2v) is 7.08. The van der Waals surface area contributed by atoms with Gasteiger partial charge in [-0.25, -0.2) is 0 Å². The summed E-state index contributed by atoms with van der Waals surface area (Å²) in [6.45, 7) is 0. The van der Waals surface area contributed by atoms with Gasteiger partial charge in [0.1, 0.15) is 11.5 Å². The fourth-order valence-corrected chi connectivity index (χ4v) is 3.62. The molecule has 5 heteroatoms. The van der Waals surface area contributed by atoms with E-state index in [1.807, 2.05) is 6.08 Å². The molecule has 2 atom stereocenters. The fourth-order valence-electron chi connectivity index (χ4n) is 3.62. The van der Waals surface area contributed by atoms with E-state index in [1.54, 1.807) is 37.5 Å². The molecule has 0 aliphatic heterocycles. The molecular formula is C22H28O5. The minimum Gasteiger partial charge on any atom is -0.497 e. The quantitative estimate of drug-likeness (QED) is 0.352. The zero-order valence-electron chi connectivity index (χ0n) is 15.9. The Balaban J connectivity index is 1.84. The maximum absolute atomic E-state index is 12.4. The molecule has 0 heterocycles. The van der Waals surface area contributed by atoms with Crippen LogP contribution in [0.1, 0.15) is 61.7 Å². The summed E-state index contributed by atoms with van der Waals surface area (Å²) in [5.74, 6) is 0.188. The van der Waals surface area contributed by atoms with Gasteiger partial charge in [-0.15, -0.1) is 0 Å². The molecule has 146 valence electrons. The van der Waals surface area contributed by atoms with Gasteiger partial charge in [-0.1, -0.05) is 37.5 Å². The van der Waals surface area contributed by atoms with Crippen LogP contribution < -0.4 is 4.74 Å². The number of carboxylic acids is 1. The molecule has 0 unspecified atom stereocenters. The normalized spacial score (nSPS) is 19.5. The summed E-state index contributed by atoms with van der Waals surface area (Å²) in [6, 6.07) is 7.04. The molecular weight excluding hydrogens is 344 g/mol. The van der Waals surface area contributed by atoms with Gasteiger partial charge in [0, 0.05) is 24.3 Å². The number of carboxylic acid groups (broad SMARTS) is 1. The van der Waals surface area contributed by atoms with E-state index >= 15 is 0 Å². The lowest BCUT2D eigenvalue weighted by atomic mass is 9.89. The first-order chi connectivity index (χ1) is 13.0. The van der Waals surface area contributed by atoms with Crippen LogP contribution in [0.15, 0.2) is 36.4 Å². The Morgan fingerprint density at radius 1 is 1.22 bits per heavy atom. The van der Waals surface area contributed by atoms with Crippen LogP contribution in [-0.2, 0) is 9.59 Å². The number of carbonyl (C=O) groups excluding carboxylic acids is 2. The van der Waals surface area contributed by atoms with E-state index in [1.165, 1.54) is 0 Å². The molecule has 0 aromatic heterocycles. The lowest BCUT2D eigenvalue weighted by Crippen LogP contribution is -2.13. The molecule has 27 heavy (non-hydrogen) atoms. The highest BCUT2D eigenvalue weighted by molar-refractivity contribution is 6.04. The smallest absolute Gasteiger partial charge is 0.303 e. The Morgan fingerprint density at radius 3 is 2.74 bits per heavy atom. The first-order valence-electron chi connectivity index (χ1n) is 9.62. The van der Waals surface area contributed by atoms with E-state index in [9.17, 15) is 14.4 Å². The van der Waals surface area contributed by atoms with Crippen molar-refractivity contribution in [1.29, 1.82) is 0 Å². The van der Waals surface area contributed by atoms with Crippen molar-refractivity contribution >= 4 is 17.5 Å². The molecule has 2 rings (SSSR count). The van der Waals surface area contributed by atoms with Crippen molar-refractivity contribution in [2.45, 2.75) is 51.4 Å². The number of methoxy groups -OCH3 is 1. The second-order valence-electron chi connectivity index (χ2n) is 7.08. The van der Waals surface area contributed by atoms with Crippen LogP contribution in [0.2, 0.25) is 0 Å². The summed E-state index contributed by atoms with van der Waals surface area (Å²) in [7, 11) is 1.57. The number of Topliss-reactive ketones (excluding diaryl/α,β-unsaturated/α-hetero) is 1. The van der Waals surface area contributed by atoms with Crippen LogP contribution in [0.4, 0.5) is 0 Å². The van der Waals surface area contributed by atoms with Crippen molar-refractivity contribution in [1.82, 2.24) is 0 Å². The average Bonchev–Trinajstić information content (AvgIpc) is 3.02. The van der Waals surface area contributed by atoms with Gasteiger partial charge in [-0.3, -0.25) is 14.4 Å². The van der Waals surface area contributed by atoms with Gasteiger partial charge in [0.25, 0.3) is 0 Å². The molecule has 0 spiro atoms. The third-order valence-electron chi connectivity index (χ3n) is 5.16. The molecule has 1 aromatic rings. The van der Waals surface area contributed by atoms with Crippen molar-refractivity contribution in [3.05, 3.63) is 42.0 Å². The number of benzene rings is 1. The maximum atomic E-state index is 12.4. The molecule has 1 fully saturated rings. The van der Waals surface area contributed by atoms with Crippen LogP contribution in [0, 0.1) is 11.8 Å². The van der Waals surface area contributed by atoms with Crippen molar-refractivity contribution < 1.29 is 24.2 Å². The Kier molecular flexibility index (Phi) is 8.24. The second kappa shape index (κ2) is 10.7. The van der Waals surface area contributed by atoms with Gasteiger partial charge in [-0.05, 0) is 43.4 Å². The van der Waals surface area contributed by atoms with E-state index in [0.29, 0.717) is 24.2 Å². The SMILES string of the molecule is COc1cccc(C(=O)C=C[C@@H]2CCC(=O)[C@H]2CCCCCCC(=O)O)c1. The number of carbonyl (C=O) groups is 3. The van der Waals surface area contributed by atoms with Crippen LogP contribution >= 0.6 is 0 Å². The van der Waals surface area contributed by atoms with Crippen LogP contribution in [0.5, 0.6) is 5.75 Å². The number of aliphatic carboxylic acids is 1. The number of allylic oxidation sites excluding steroid dienone is 2. The number of hydrogen-bond acceptors (Lipinski definition) is 4. The van der Waals surface area contributed by atoms with E-state index in [4.69, 9.17) is 9.84 Å². The van der Waals surface area contributed by atoms with Gasteiger partial charge in [0.2, 0.25) is 0 Å². The van der Waals surface area contributed by atoms with E-state index < -0.39 is 5.97 Å². The van der Waals surface area contributed by atoms with Gasteiger partial charge < -0.3 is 9.84 Å². The maximum Gasteiger partial charge on any atom is 0.303 e. The van der Waals surface area contributed by atoms with E-state index in [-0.39, 0.29) is 29.8 Å². The Morgan fingerprint density at radius 2 is 2.00 bits per heavy atom. The Hall–Kier alpha value is -2.43. The topological polar surface area (TPSA) is 80.7 Å². The molecule has 0 amide bonds.